The Balaban J connectivity index is 1.79. The Morgan fingerprint density at radius 1 is 1.19 bits per heavy atom. The summed E-state index contributed by atoms with van der Waals surface area (Å²) < 4.78 is 7.22. The second kappa shape index (κ2) is 8.14. The number of ketones is 1. The first-order valence-electron chi connectivity index (χ1n) is 8.34. The van der Waals surface area contributed by atoms with Gasteiger partial charge in [0.2, 0.25) is 5.16 Å². The van der Waals surface area contributed by atoms with Gasteiger partial charge in [-0.25, -0.2) is 0 Å². The van der Waals surface area contributed by atoms with Gasteiger partial charge in [0.15, 0.2) is 5.78 Å². The third kappa shape index (κ3) is 3.94. The fourth-order valence-electron chi connectivity index (χ4n) is 2.55. The molecule has 0 bridgehead atoms. The number of aryl methyl sites for hydroxylation is 2. The van der Waals surface area contributed by atoms with Gasteiger partial charge in [-0.2, -0.15) is 4.68 Å². The molecule has 0 aliphatic carbocycles. The minimum atomic E-state index is -0.0189. The molecule has 0 amide bonds. The second-order valence-corrected chi connectivity index (χ2v) is 6.75. The Bertz CT molecular complexity index is 923. The highest BCUT2D eigenvalue weighted by atomic mass is 32.2. The van der Waals surface area contributed by atoms with E-state index in [0.29, 0.717) is 23.1 Å². The van der Waals surface area contributed by atoms with Crippen molar-refractivity contribution < 1.29 is 9.53 Å². The topological polar surface area (TPSA) is 69.9 Å². The molecule has 0 spiro atoms. The first-order chi connectivity index (χ1) is 12.6. The van der Waals surface area contributed by atoms with Crippen LogP contribution < -0.4 is 4.74 Å². The summed E-state index contributed by atoms with van der Waals surface area (Å²) in [7, 11) is 0. The average molecular weight is 368 g/mol. The van der Waals surface area contributed by atoms with Crippen LogP contribution in [0.3, 0.4) is 0 Å². The van der Waals surface area contributed by atoms with E-state index in [0.717, 1.165) is 16.8 Å². The fraction of sp³-hybridized carbons (Fsp3) is 0.263. The van der Waals surface area contributed by atoms with Gasteiger partial charge in [0.1, 0.15) is 5.75 Å². The number of rotatable bonds is 7. The largest absolute Gasteiger partial charge is 0.493 e. The Morgan fingerprint density at radius 2 is 2.00 bits per heavy atom. The standard InChI is InChI=1S/C19H20N4O2S/c1-4-25-18-8-6-5-7-15(18)17(24)12-26-19-20-21-22-23(19)16-11-13(2)9-10-14(16)3/h5-11H,4,12H2,1-3H3. The predicted octanol–water partition coefficient (Wildman–Crippen LogP) is 3.65. The molecule has 3 aromatic rings. The summed E-state index contributed by atoms with van der Waals surface area (Å²) in [4.78, 5) is 12.6. The lowest BCUT2D eigenvalue weighted by atomic mass is 10.1. The van der Waals surface area contributed by atoms with Gasteiger partial charge in [0.25, 0.3) is 0 Å². The molecule has 0 aliphatic heterocycles. The molecule has 0 saturated heterocycles. The summed E-state index contributed by atoms with van der Waals surface area (Å²) in [5.41, 5.74) is 3.68. The molecule has 0 saturated carbocycles. The molecule has 0 atom stereocenters. The highest BCUT2D eigenvalue weighted by molar-refractivity contribution is 7.99. The van der Waals surface area contributed by atoms with E-state index in [1.165, 1.54) is 11.8 Å². The highest BCUT2D eigenvalue weighted by Crippen LogP contribution is 2.25. The zero-order chi connectivity index (χ0) is 18.5. The Kier molecular flexibility index (Phi) is 5.68. The van der Waals surface area contributed by atoms with Crippen molar-refractivity contribution in [3.8, 4) is 11.4 Å². The summed E-state index contributed by atoms with van der Waals surface area (Å²) in [5.74, 6) is 0.819. The number of Topliss-reactive ketones (excluding diaryl/α,β-unsaturated/α-hetero) is 1. The van der Waals surface area contributed by atoms with E-state index in [-0.39, 0.29) is 11.5 Å². The third-order valence-electron chi connectivity index (χ3n) is 3.85. The second-order valence-electron chi connectivity index (χ2n) is 5.80. The molecule has 3 rings (SSSR count). The number of nitrogens with zero attached hydrogens (tertiary/aromatic N) is 4. The zero-order valence-corrected chi connectivity index (χ0v) is 15.8. The van der Waals surface area contributed by atoms with Crippen LogP contribution in [-0.2, 0) is 0 Å². The molecule has 7 heteroatoms. The molecular weight excluding hydrogens is 348 g/mol. The van der Waals surface area contributed by atoms with Gasteiger partial charge in [-0.1, -0.05) is 36.0 Å². The molecule has 134 valence electrons. The first-order valence-corrected chi connectivity index (χ1v) is 9.32. The SMILES string of the molecule is CCOc1ccccc1C(=O)CSc1nnnn1-c1cc(C)ccc1C. The number of para-hydroxylation sites is 1. The van der Waals surface area contributed by atoms with Crippen LogP contribution in [0, 0.1) is 13.8 Å². The molecule has 2 aromatic carbocycles. The monoisotopic (exact) mass is 368 g/mol. The lowest BCUT2D eigenvalue weighted by Gasteiger charge is -2.10. The van der Waals surface area contributed by atoms with Crippen molar-refractivity contribution in [3.05, 3.63) is 59.2 Å². The summed E-state index contributed by atoms with van der Waals surface area (Å²) in [6.07, 6.45) is 0. The van der Waals surface area contributed by atoms with Crippen molar-refractivity contribution in [1.29, 1.82) is 0 Å². The summed E-state index contributed by atoms with van der Waals surface area (Å²) in [5, 5.41) is 12.5. The van der Waals surface area contributed by atoms with Crippen molar-refractivity contribution in [2.75, 3.05) is 12.4 Å². The Hall–Kier alpha value is -2.67. The molecule has 1 aromatic heterocycles. The molecule has 0 fully saturated rings. The lowest BCUT2D eigenvalue weighted by molar-refractivity contribution is 0.101. The lowest BCUT2D eigenvalue weighted by Crippen LogP contribution is -2.08. The van der Waals surface area contributed by atoms with E-state index in [4.69, 9.17) is 4.74 Å². The van der Waals surface area contributed by atoms with E-state index in [1.54, 1.807) is 10.7 Å². The van der Waals surface area contributed by atoms with Gasteiger partial charge >= 0.3 is 0 Å². The predicted molar refractivity (Wildman–Crippen MR) is 101 cm³/mol. The number of hydrogen-bond acceptors (Lipinski definition) is 6. The van der Waals surface area contributed by atoms with E-state index in [1.807, 2.05) is 57.2 Å². The van der Waals surface area contributed by atoms with Crippen LogP contribution in [-0.4, -0.2) is 38.4 Å². The van der Waals surface area contributed by atoms with Gasteiger partial charge in [-0.3, -0.25) is 4.79 Å². The molecule has 6 nitrogen and oxygen atoms in total. The molecule has 0 unspecified atom stereocenters. The van der Waals surface area contributed by atoms with E-state index in [2.05, 4.69) is 15.5 Å². The molecule has 0 radical (unpaired) electrons. The van der Waals surface area contributed by atoms with Crippen LogP contribution in [0.2, 0.25) is 0 Å². The first kappa shape index (κ1) is 18.1. The maximum Gasteiger partial charge on any atom is 0.214 e. The smallest absolute Gasteiger partial charge is 0.214 e. The van der Waals surface area contributed by atoms with Crippen molar-refractivity contribution >= 4 is 17.5 Å². The van der Waals surface area contributed by atoms with E-state index >= 15 is 0 Å². The van der Waals surface area contributed by atoms with E-state index < -0.39 is 0 Å². The summed E-state index contributed by atoms with van der Waals surface area (Å²) in [6, 6.07) is 13.4. The quantitative estimate of drug-likeness (QED) is 0.468. The maximum absolute atomic E-state index is 12.6. The minimum absolute atomic E-state index is 0.0189. The number of ether oxygens (including phenoxy) is 1. The van der Waals surface area contributed by atoms with Crippen molar-refractivity contribution in [2.45, 2.75) is 25.9 Å². The Labute approximate surface area is 156 Å². The molecule has 0 aliphatic rings. The zero-order valence-electron chi connectivity index (χ0n) is 15.0. The summed E-state index contributed by atoms with van der Waals surface area (Å²) in [6.45, 7) is 6.44. The molecule has 1 heterocycles. The van der Waals surface area contributed by atoms with Gasteiger partial charge in [-0.05, 0) is 60.5 Å². The van der Waals surface area contributed by atoms with Crippen molar-refractivity contribution in [2.24, 2.45) is 0 Å². The normalized spacial score (nSPS) is 10.7. The minimum Gasteiger partial charge on any atom is -0.493 e. The van der Waals surface area contributed by atoms with Gasteiger partial charge < -0.3 is 4.74 Å². The molecular formula is C19H20N4O2S. The van der Waals surface area contributed by atoms with E-state index in [9.17, 15) is 4.79 Å². The fourth-order valence-corrected chi connectivity index (χ4v) is 3.32. The van der Waals surface area contributed by atoms with Crippen LogP contribution in [0.15, 0.2) is 47.6 Å². The van der Waals surface area contributed by atoms with Gasteiger partial charge in [-0.15, -0.1) is 5.10 Å². The van der Waals surface area contributed by atoms with Gasteiger partial charge in [0, 0.05) is 0 Å². The number of carbonyl (C=O) groups is 1. The molecule has 26 heavy (non-hydrogen) atoms. The number of carbonyl (C=O) groups excluding carboxylic acids is 1. The van der Waals surface area contributed by atoms with Crippen LogP contribution >= 0.6 is 11.8 Å². The number of aromatic nitrogens is 4. The van der Waals surface area contributed by atoms with Gasteiger partial charge in [0.05, 0.1) is 23.6 Å². The Morgan fingerprint density at radius 3 is 2.81 bits per heavy atom. The third-order valence-corrected chi connectivity index (χ3v) is 4.77. The van der Waals surface area contributed by atoms with Crippen LogP contribution in [0.25, 0.3) is 5.69 Å². The highest BCUT2D eigenvalue weighted by Gasteiger charge is 2.16. The number of thioether (sulfide) groups is 1. The maximum atomic E-state index is 12.6. The number of benzene rings is 2. The van der Waals surface area contributed by atoms with Crippen LogP contribution in [0.1, 0.15) is 28.4 Å². The van der Waals surface area contributed by atoms with Crippen LogP contribution in [0.4, 0.5) is 0 Å². The molecule has 0 N–H and O–H groups in total. The number of tetrazole rings is 1. The van der Waals surface area contributed by atoms with Crippen LogP contribution in [0.5, 0.6) is 5.75 Å². The van der Waals surface area contributed by atoms with Crippen molar-refractivity contribution in [1.82, 2.24) is 20.2 Å². The summed E-state index contributed by atoms with van der Waals surface area (Å²) >= 11 is 1.31. The average Bonchev–Trinajstić information content (AvgIpc) is 3.11. The number of hydrogen-bond donors (Lipinski definition) is 0. The van der Waals surface area contributed by atoms with Crippen molar-refractivity contribution in [3.63, 3.8) is 0 Å².